The third-order valence-corrected chi connectivity index (χ3v) is 7.08. The van der Waals surface area contributed by atoms with Gasteiger partial charge in [0, 0.05) is 12.5 Å². The lowest BCUT2D eigenvalue weighted by atomic mass is 9.69. The number of amides is 2. The number of alkyl carbamates (subject to hydrolysis) is 1. The number of hydrogen-bond donors (Lipinski definition) is 3. The molecule has 184 valence electrons. The smallest absolute Gasteiger partial charge is 0.407 e. The van der Waals surface area contributed by atoms with Gasteiger partial charge in [0.1, 0.15) is 12.6 Å². The zero-order valence-corrected chi connectivity index (χ0v) is 20.2. The number of ether oxygens (including phenoxy) is 1. The van der Waals surface area contributed by atoms with E-state index >= 15 is 0 Å². The van der Waals surface area contributed by atoms with Gasteiger partial charge < -0.3 is 20.5 Å². The van der Waals surface area contributed by atoms with E-state index in [9.17, 15) is 19.5 Å². The van der Waals surface area contributed by atoms with Gasteiger partial charge in [-0.2, -0.15) is 0 Å². The van der Waals surface area contributed by atoms with Crippen molar-refractivity contribution in [3.8, 4) is 11.1 Å². The fraction of sp³-hybridized carbons (Fsp3) is 0.393. The van der Waals surface area contributed by atoms with Crippen LogP contribution in [0.4, 0.5) is 4.79 Å². The number of nitrogens with one attached hydrogen (secondary N) is 2. The quantitative estimate of drug-likeness (QED) is 0.458. The number of carbonyl (C=O) groups is 3. The Kier molecular flexibility index (Phi) is 7.24. The van der Waals surface area contributed by atoms with E-state index in [0.717, 1.165) is 34.2 Å². The van der Waals surface area contributed by atoms with Crippen LogP contribution < -0.4 is 10.6 Å². The third kappa shape index (κ3) is 5.24. The molecule has 2 aliphatic carbocycles. The van der Waals surface area contributed by atoms with Crippen molar-refractivity contribution in [2.75, 3.05) is 13.2 Å². The molecule has 0 aliphatic heterocycles. The van der Waals surface area contributed by atoms with E-state index in [2.05, 4.69) is 22.8 Å². The predicted molar refractivity (Wildman–Crippen MR) is 133 cm³/mol. The standard InChI is InChI=1S/C28H32N2O5/c1-18(2)12-13-24(25(31)29-17-28(26(32)33)14-7-15-28)30-27(34)35-16-23-21-10-5-3-8-19(21)20-9-4-6-11-22(20)23/h3-6,8-12,23-24H,7,13-17H2,1-2H3,(H,29,31)(H,30,34)(H,32,33). The van der Waals surface area contributed by atoms with E-state index in [0.29, 0.717) is 19.3 Å². The van der Waals surface area contributed by atoms with E-state index < -0.39 is 29.4 Å². The van der Waals surface area contributed by atoms with E-state index in [4.69, 9.17) is 4.74 Å². The summed E-state index contributed by atoms with van der Waals surface area (Å²) in [5.41, 5.74) is 4.61. The van der Waals surface area contributed by atoms with Crippen molar-refractivity contribution in [3.05, 3.63) is 71.3 Å². The number of carbonyl (C=O) groups excluding carboxylic acids is 2. The zero-order chi connectivity index (χ0) is 25.0. The summed E-state index contributed by atoms with van der Waals surface area (Å²) in [5, 5.41) is 14.9. The summed E-state index contributed by atoms with van der Waals surface area (Å²) in [5.74, 6) is -1.38. The van der Waals surface area contributed by atoms with Gasteiger partial charge in [0.15, 0.2) is 0 Å². The molecule has 0 bridgehead atoms. The first kappa shape index (κ1) is 24.5. The van der Waals surface area contributed by atoms with E-state index in [1.807, 2.05) is 56.3 Å². The average Bonchev–Trinajstić information content (AvgIpc) is 3.13. The van der Waals surface area contributed by atoms with Crippen molar-refractivity contribution < 1.29 is 24.2 Å². The molecule has 0 radical (unpaired) electrons. The van der Waals surface area contributed by atoms with E-state index in [-0.39, 0.29) is 19.1 Å². The van der Waals surface area contributed by atoms with Crippen LogP contribution in [-0.2, 0) is 14.3 Å². The van der Waals surface area contributed by atoms with Crippen LogP contribution in [0.5, 0.6) is 0 Å². The number of carboxylic acids is 1. The number of aliphatic carboxylic acids is 1. The summed E-state index contributed by atoms with van der Waals surface area (Å²) in [4.78, 5) is 37.2. The van der Waals surface area contributed by atoms with Crippen LogP contribution in [0.2, 0.25) is 0 Å². The molecule has 1 atom stereocenters. The molecule has 7 nitrogen and oxygen atoms in total. The molecule has 35 heavy (non-hydrogen) atoms. The monoisotopic (exact) mass is 476 g/mol. The largest absolute Gasteiger partial charge is 0.481 e. The van der Waals surface area contributed by atoms with Crippen LogP contribution in [-0.4, -0.2) is 42.3 Å². The summed E-state index contributed by atoms with van der Waals surface area (Å²) in [7, 11) is 0. The van der Waals surface area contributed by atoms with Crippen molar-refractivity contribution in [1.29, 1.82) is 0 Å². The third-order valence-electron chi connectivity index (χ3n) is 7.08. The van der Waals surface area contributed by atoms with Crippen LogP contribution in [0, 0.1) is 5.41 Å². The highest BCUT2D eigenvalue weighted by Gasteiger charge is 2.44. The number of hydrogen-bond acceptors (Lipinski definition) is 4. The topological polar surface area (TPSA) is 105 Å². The van der Waals surface area contributed by atoms with Crippen LogP contribution >= 0.6 is 0 Å². The summed E-state index contributed by atoms with van der Waals surface area (Å²) < 4.78 is 5.60. The molecule has 0 heterocycles. The maximum Gasteiger partial charge on any atom is 0.407 e. The molecule has 2 aliphatic rings. The minimum atomic E-state index is -0.902. The molecular formula is C28H32N2O5. The Morgan fingerprint density at radius 2 is 1.66 bits per heavy atom. The molecule has 2 amide bonds. The van der Waals surface area contributed by atoms with Crippen LogP contribution in [0.1, 0.15) is 56.6 Å². The van der Waals surface area contributed by atoms with Crippen LogP contribution in [0.15, 0.2) is 60.2 Å². The second-order valence-electron chi connectivity index (χ2n) is 9.70. The van der Waals surface area contributed by atoms with E-state index in [1.54, 1.807) is 0 Å². The zero-order valence-electron chi connectivity index (χ0n) is 20.2. The number of carboxylic acid groups (broad SMARTS) is 1. The van der Waals surface area contributed by atoms with Gasteiger partial charge in [-0.05, 0) is 55.4 Å². The summed E-state index contributed by atoms with van der Waals surface area (Å²) in [6.45, 7) is 4.03. The van der Waals surface area contributed by atoms with Gasteiger partial charge >= 0.3 is 12.1 Å². The van der Waals surface area contributed by atoms with Crippen molar-refractivity contribution in [2.24, 2.45) is 5.41 Å². The lowest BCUT2D eigenvalue weighted by Crippen LogP contribution is -2.52. The van der Waals surface area contributed by atoms with Crippen molar-refractivity contribution >= 4 is 18.0 Å². The van der Waals surface area contributed by atoms with Gasteiger partial charge in [0.05, 0.1) is 5.41 Å². The molecule has 0 saturated heterocycles. The Labute approximate surface area is 205 Å². The molecule has 1 fully saturated rings. The summed E-state index contributed by atoms with van der Waals surface area (Å²) in [6, 6.07) is 15.3. The van der Waals surface area contributed by atoms with Gasteiger partial charge in [0.2, 0.25) is 5.91 Å². The van der Waals surface area contributed by atoms with Crippen LogP contribution in [0.25, 0.3) is 11.1 Å². The van der Waals surface area contributed by atoms with Crippen molar-refractivity contribution in [1.82, 2.24) is 10.6 Å². The van der Waals surface area contributed by atoms with Gasteiger partial charge in [-0.25, -0.2) is 4.79 Å². The highest BCUT2D eigenvalue weighted by Crippen LogP contribution is 2.44. The molecule has 1 saturated carbocycles. The second kappa shape index (κ2) is 10.3. The first-order chi connectivity index (χ1) is 16.8. The maximum atomic E-state index is 12.9. The van der Waals surface area contributed by atoms with Gasteiger partial charge in [-0.15, -0.1) is 0 Å². The second-order valence-corrected chi connectivity index (χ2v) is 9.70. The summed E-state index contributed by atoms with van der Waals surface area (Å²) >= 11 is 0. The summed E-state index contributed by atoms with van der Waals surface area (Å²) in [6.07, 6.45) is 3.40. The minimum Gasteiger partial charge on any atom is -0.481 e. The predicted octanol–water partition coefficient (Wildman–Crippen LogP) is 4.62. The van der Waals surface area contributed by atoms with E-state index in [1.165, 1.54) is 0 Å². The van der Waals surface area contributed by atoms with Crippen LogP contribution in [0.3, 0.4) is 0 Å². The number of rotatable bonds is 9. The fourth-order valence-electron chi connectivity index (χ4n) is 4.82. The molecule has 0 spiro atoms. The van der Waals surface area contributed by atoms with Crippen molar-refractivity contribution in [3.63, 3.8) is 0 Å². The molecule has 0 aromatic heterocycles. The van der Waals surface area contributed by atoms with Gasteiger partial charge in [-0.1, -0.05) is 66.6 Å². The Morgan fingerprint density at radius 3 is 2.17 bits per heavy atom. The SMILES string of the molecule is CC(C)=CCC(NC(=O)OCC1c2ccccc2-c2ccccc21)C(=O)NCC1(C(=O)O)CCC1. The molecule has 4 rings (SSSR count). The first-order valence-electron chi connectivity index (χ1n) is 12.1. The normalized spacial score (nSPS) is 16.2. The Bertz CT molecular complexity index is 1100. The average molecular weight is 477 g/mol. The highest BCUT2D eigenvalue weighted by molar-refractivity contribution is 5.87. The van der Waals surface area contributed by atoms with Gasteiger partial charge in [0.25, 0.3) is 0 Å². The molecular weight excluding hydrogens is 444 g/mol. The highest BCUT2D eigenvalue weighted by atomic mass is 16.5. The molecule has 2 aromatic rings. The Balaban J connectivity index is 1.40. The minimum absolute atomic E-state index is 0.0544. The number of fused-ring (bicyclic) bond motifs is 3. The Morgan fingerprint density at radius 1 is 1.06 bits per heavy atom. The molecule has 3 N–H and O–H groups in total. The lowest BCUT2D eigenvalue weighted by molar-refractivity contribution is -0.154. The molecule has 1 unspecified atom stereocenters. The Hall–Kier alpha value is -3.61. The molecule has 2 aromatic carbocycles. The van der Waals surface area contributed by atoms with Gasteiger partial charge in [-0.3, -0.25) is 9.59 Å². The first-order valence-corrected chi connectivity index (χ1v) is 12.1. The maximum absolute atomic E-state index is 12.9. The number of allylic oxidation sites excluding steroid dienone is 1. The van der Waals surface area contributed by atoms with Crippen molar-refractivity contribution in [2.45, 2.75) is 51.5 Å². The fourth-order valence-corrected chi connectivity index (χ4v) is 4.82. The molecule has 7 heteroatoms. The number of benzene rings is 2. The lowest BCUT2D eigenvalue weighted by Gasteiger charge is -2.37.